The Morgan fingerprint density at radius 3 is 2.50 bits per heavy atom. The summed E-state index contributed by atoms with van der Waals surface area (Å²) in [4.78, 5) is 23.7. The minimum absolute atomic E-state index is 0.164. The first-order chi connectivity index (χ1) is 10.5. The molecule has 2 unspecified atom stereocenters. The molecule has 0 fully saturated rings. The first-order valence-electron chi connectivity index (χ1n) is 7.37. The summed E-state index contributed by atoms with van der Waals surface area (Å²) in [6.45, 7) is 2.12. The van der Waals surface area contributed by atoms with Gasteiger partial charge in [-0.1, -0.05) is 25.5 Å². The molecular weight excluding hydrogens is 284 g/mol. The second-order valence-electron chi connectivity index (χ2n) is 5.23. The van der Waals surface area contributed by atoms with Crippen LogP contribution in [0.2, 0.25) is 0 Å². The molecule has 0 saturated heterocycles. The average molecular weight is 308 g/mol. The number of phenolic OH excluding ortho intramolecular Hbond substituents is 1. The minimum atomic E-state index is -0.558. The maximum absolute atomic E-state index is 11.8. The van der Waals surface area contributed by atoms with Gasteiger partial charge in [0.1, 0.15) is 5.75 Å². The van der Waals surface area contributed by atoms with E-state index in [0.717, 1.165) is 12.0 Å². The van der Waals surface area contributed by atoms with Crippen molar-refractivity contribution in [2.75, 3.05) is 13.7 Å². The standard InChI is InChI=1S/C16H24N2O4/c1-3-4-14(17)15(20)18-10-12(16(21)22-2)9-11-5-7-13(19)8-6-11/h5-8,12,14,19H,3-4,9-10,17H2,1-2H3,(H,18,20). The monoisotopic (exact) mass is 308 g/mol. The molecule has 1 aromatic carbocycles. The largest absolute Gasteiger partial charge is 0.508 e. The van der Waals surface area contributed by atoms with Crippen LogP contribution >= 0.6 is 0 Å². The zero-order valence-electron chi connectivity index (χ0n) is 13.0. The van der Waals surface area contributed by atoms with Crippen LogP contribution in [0, 0.1) is 5.92 Å². The molecule has 0 aliphatic heterocycles. The van der Waals surface area contributed by atoms with E-state index >= 15 is 0 Å². The van der Waals surface area contributed by atoms with Gasteiger partial charge in [0.2, 0.25) is 5.91 Å². The average Bonchev–Trinajstić information content (AvgIpc) is 2.52. The van der Waals surface area contributed by atoms with Crippen LogP contribution in [0.15, 0.2) is 24.3 Å². The molecule has 2 atom stereocenters. The smallest absolute Gasteiger partial charge is 0.310 e. The number of aromatic hydroxyl groups is 1. The highest BCUT2D eigenvalue weighted by molar-refractivity contribution is 5.82. The van der Waals surface area contributed by atoms with Crippen LogP contribution in [-0.4, -0.2) is 36.7 Å². The van der Waals surface area contributed by atoms with E-state index in [-0.39, 0.29) is 18.2 Å². The molecule has 0 aromatic heterocycles. The van der Waals surface area contributed by atoms with Crippen molar-refractivity contribution < 1.29 is 19.4 Å². The fourth-order valence-corrected chi connectivity index (χ4v) is 2.12. The molecule has 0 spiro atoms. The maximum atomic E-state index is 11.8. The molecular formula is C16H24N2O4. The highest BCUT2D eigenvalue weighted by Gasteiger charge is 2.22. The normalized spacial score (nSPS) is 13.2. The van der Waals surface area contributed by atoms with Gasteiger partial charge in [0.05, 0.1) is 19.1 Å². The summed E-state index contributed by atoms with van der Waals surface area (Å²) in [6.07, 6.45) is 1.84. The molecule has 0 heterocycles. The Balaban J connectivity index is 2.63. The summed E-state index contributed by atoms with van der Waals surface area (Å²) in [7, 11) is 1.32. The zero-order valence-corrected chi connectivity index (χ0v) is 13.0. The molecule has 4 N–H and O–H groups in total. The molecule has 6 heteroatoms. The lowest BCUT2D eigenvalue weighted by molar-refractivity contribution is -0.145. The van der Waals surface area contributed by atoms with Gasteiger partial charge in [0, 0.05) is 6.54 Å². The van der Waals surface area contributed by atoms with E-state index in [0.29, 0.717) is 12.8 Å². The van der Waals surface area contributed by atoms with Gasteiger partial charge in [-0.15, -0.1) is 0 Å². The number of methoxy groups -OCH3 is 1. The lowest BCUT2D eigenvalue weighted by atomic mass is 9.99. The van der Waals surface area contributed by atoms with Gasteiger partial charge >= 0.3 is 5.97 Å². The van der Waals surface area contributed by atoms with Crippen molar-refractivity contribution in [1.82, 2.24) is 5.32 Å². The second kappa shape index (κ2) is 9.04. The molecule has 0 saturated carbocycles. The van der Waals surface area contributed by atoms with Gasteiger partial charge in [-0.25, -0.2) is 0 Å². The van der Waals surface area contributed by atoms with E-state index in [4.69, 9.17) is 10.5 Å². The van der Waals surface area contributed by atoms with E-state index in [1.807, 2.05) is 6.92 Å². The van der Waals surface area contributed by atoms with Crippen LogP contribution in [0.3, 0.4) is 0 Å². The third-order valence-corrected chi connectivity index (χ3v) is 3.41. The lowest BCUT2D eigenvalue weighted by Gasteiger charge is -2.17. The molecule has 0 aliphatic rings. The van der Waals surface area contributed by atoms with Crippen molar-refractivity contribution in [2.45, 2.75) is 32.2 Å². The predicted octanol–water partition coefficient (Wildman–Crippen LogP) is 0.967. The quantitative estimate of drug-likeness (QED) is 0.621. The lowest BCUT2D eigenvalue weighted by Crippen LogP contribution is -2.43. The van der Waals surface area contributed by atoms with Gasteiger partial charge in [0.15, 0.2) is 0 Å². The first kappa shape index (κ1) is 18.0. The zero-order chi connectivity index (χ0) is 16.5. The Morgan fingerprint density at radius 1 is 1.32 bits per heavy atom. The number of benzene rings is 1. The summed E-state index contributed by atoms with van der Waals surface area (Å²) >= 11 is 0. The van der Waals surface area contributed by atoms with Crippen molar-refractivity contribution in [3.05, 3.63) is 29.8 Å². The number of carbonyl (C=O) groups is 2. The highest BCUT2D eigenvalue weighted by atomic mass is 16.5. The van der Waals surface area contributed by atoms with Gasteiger partial charge < -0.3 is 20.9 Å². The molecule has 1 aromatic rings. The Labute approximate surface area is 130 Å². The van der Waals surface area contributed by atoms with Crippen molar-refractivity contribution in [3.8, 4) is 5.75 Å². The van der Waals surface area contributed by atoms with E-state index in [1.165, 1.54) is 7.11 Å². The number of hydrogen-bond acceptors (Lipinski definition) is 5. The van der Waals surface area contributed by atoms with Crippen molar-refractivity contribution in [2.24, 2.45) is 11.7 Å². The fraction of sp³-hybridized carbons (Fsp3) is 0.500. The molecule has 0 bridgehead atoms. The third kappa shape index (κ3) is 5.73. The summed E-state index contributed by atoms with van der Waals surface area (Å²) in [6, 6.07) is 6.02. The van der Waals surface area contributed by atoms with E-state index < -0.39 is 17.9 Å². The molecule has 1 amide bonds. The molecule has 22 heavy (non-hydrogen) atoms. The van der Waals surface area contributed by atoms with E-state index in [9.17, 15) is 14.7 Å². The predicted molar refractivity (Wildman–Crippen MR) is 83.2 cm³/mol. The molecule has 6 nitrogen and oxygen atoms in total. The number of esters is 1. The molecule has 1 rings (SSSR count). The number of rotatable bonds is 8. The summed E-state index contributed by atoms with van der Waals surface area (Å²) in [5.41, 5.74) is 6.61. The summed E-state index contributed by atoms with van der Waals surface area (Å²) < 4.78 is 4.78. The van der Waals surface area contributed by atoms with E-state index in [2.05, 4.69) is 5.32 Å². The number of ether oxygens (including phenoxy) is 1. The van der Waals surface area contributed by atoms with Crippen LogP contribution in [0.25, 0.3) is 0 Å². The number of nitrogens with one attached hydrogen (secondary N) is 1. The summed E-state index contributed by atoms with van der Waals surface area (Å²) in [5, 5.41) is 12.0. The van der Waals surface area contributed by atoms with Crippen LogP contribution in [0.1, 0.15) is 25.3 Å². The van der Waals surface area contributed by atoms with Gasteiger partial charge in [-0.05, 0) is 30.5 Å². The number of nitrogens with two attached hydrogens (primary N) is 1. The fourth-order valence-electron chi connectivity index (χ4n) is 2.12. The van der Waals surface area contributed by atoms with Crippen LogP contribution in [0.4, 0.5) is 0 Å². The van der Waals surface area contributed by atoms with Gasteiger partial charge in [0.25, 0.3) is 0 Å². The minimum Gasteiger partial charge on any atom is -0.508 e. The van der Waals surface area contributed by atoms with Gasteiger partial charge in [-0.2, -0.15) is 0 Å². The Kier molecular flexibility index (Phi) is 7.39. The molecule has 0 radical (unpaired) electrons. The third-order valence-electron chi connectivity index (χ3n) is 3.41. The second-order valence-corrected chi connectivity index (χ2v) is 5.23. The Hall–Kier alpha value is -2.08. The highest BCUT2D eigenvalue weighted by Crippen LogP contribution is 2.14. The Bertz CT molecular complexity index is 487. The van der Waals surface area contributed by atoms with Crippen molar-refractivity contribution in [3.63, 3.8) is 0 Å². The summed E-state index contributed by atoms with van der Waals surface area (Å²) in [5.74, 6) is -0.983. The molecule has 0 aliphatic carbocycles. The first-order valence-corrected chi connectivity index (χ1v) is 7.37. The number of hydrogen-bond donors (Lipinski definition) is 3. The van der Waals surface area contributed by atoms with Crippen LogP contribution < -0.4 is 11.1 Å². The van der Waals surface area contributed by atoms with Crippen molar-refractivity contribution in [1.29, 1.82) is 0 Å². The van der Waals surface area contributed by atoms with Gasteiger partial charge in [-0.3, -0.25) is 9.59 Å². The van der Waals surface area contributed by atoms with Crippen LogP contribution in [-0.2, 0) is 20.7 Å². The SMILES string of the molecule is CCCC(N)C(=O)NCC(Cc1ccc(O)cc1)C(=O)OC. The maximum Gasteiger partial charge on any atom is 0.310 e. The van der Waals surface area contributed by atoms with Crippen LogP contribution in [0.5, 0.6) is 5.75 Å². The van der Waals surface area contributed by atoms with Crippen molar-refractivity contribution >= 4 is 11.9 Å². The van der Waals surface area contributed by atoms with E-state index in [1.54, 1.807) is 24.3 Å². The Morgan fingerprint density at radius 2 is 1.95 bits per heavy atom. The number of phenols is 1. The molecule has 122 valence electrons. The topological polar surface area (TPSA) is 102 Å². The number of carbonyl (C=O) groups excluding carboxylic acids is 2. The number of amides is 1.